The van der Waals surface area contributed by atoms with Crippen LogP contribution in [0.3, 0.4) is 0 Å². The van der Waals surface area contributed by atoms with Gasteiger partial charge < -0.3 is 9.88 Å². The zero-order valence-electron chi connectivity index (χ0n) is 16.7. The Morgan fingerprint density at radius 1 is 1.03 bits per heavy atom. The van der Waals surface area contributed by atoms with E-state index in [0.717, 1.165) is 35.7 Å². The lowest BCUT2D eigenvalue weighted by molar-refractivity contribution is 0.0950. The Morgan fingerprint density at radius 3 is 2.43 bits per heavy atom. The fourth-order valence-corrected chi connectivity index (χ4v) is 3.66. The van der Waals surface area contributed by atoms with Gasteiger partial charge in [-0.05, 0) is 31.9 Å². The highest BCUT2D eigenvalue weighted by molar-refractivity contribution is 5.99. The molecule has 2 aromatic carbocycles. The predicted octanol–water partition coefficient (Wildman–Crippen LogP) is 3.70. The average molecular weight is 398 g/mol. The Balaban J connectivity index is 1.45. The molecule has 0 spiro atoms. The number of nitrogens with one attached hydrogen (secondary N) is 1. The number of benzene rings is 2. The molecule has 0 bridgehead atoms. The van der Waals surface area contributed by atoms with Crippen LogP contribution in [0.15, 0.2) is 66.9 Å². The van der Waals surface area contributed by atoms with E-state index in [1.807, 2.05) is 67.6 Å². The first kappa shape index (κ1) is 18.3. The topological polar surface area (TPSA) is 77.6 Å². The van der Waals surface area contributed by atoms with E-state index in [0.29, 0.717) is 23.8 Å². The van der Waals surface area contributed by atoms with E-state index < -0.39 is 0 Å². The highest BCUT2D eigenvalue weighted by Crippen LogP contribution is 2.36. The minimum atomic E-state index is -0.181. The maximum atomic E-state index is 13.1. The maximum Gasteiger partial charge on any atom is 0.255 e. The van der Waals surface area contributed by atoms with Crippen LogP contribution in [0.1, 0.15) is 40.9 Å². The highest BCUT2D eigenvalue weighted by Gasteiger charge is 2.28. The molecule has 7 heteroatoms. The number of carbonyl (C=O) groups is 1. The number of hydrogen-bond donors (Lipinski definition) is 1. The summed E-state index contributed by atoms with van der Waals surface area (Å²) in [4.78, 5) is 13.1. The summed E-state index contributed by atoms with van der Waals surface area (Å²) >= 11 is 0. The second-order valence-corrected chi connectivity index (χ2v) is 7.48. The molecule has 0 unspecified atom stereocenters. The van der Waals surface area contributed by atoms with Gasteiger partial charge in [-0.25, -0.2) is 4.68 Å². The van der Waals surface area contributed by atoms with Gasteiger partial charge in [-0.2, -0.15) is 5.10 Å². The summed E-state index contributed by atoms with van der Waals surface area (Å²) in [5.41, 5.74) is 2.98. The summed E-state index contributed by atoms with van der Waals surface area (Å²) in [6.07, 6.45) is 4.06. The fourth-order valence-electron chi connectivity index (χ4n) is 3.66. The molecule has 1 fully saturated rings. The van der Waals surface area contributed by atoms with Crippen molar-refractivity contribution in [1.29, 1.82) is 0 Å². The molecule has 2 heterocycles. The number of aryl methyl sites for hydroxylation is 1. The molecular formula is C23H22N6O. The van der Waals surface area contributed by atoms with E-state index in [9.17, 15) is 4.79 Å². The molecule has 1 N–H and O–H groups in total. The zero-order valence-corrected chi connectivity index (χ0v) is 16.7. The first-order chi connectivity index (χ1) is 14.7. The number of hydrogen-bond acceptors (Lipinski definition) is 4. The second kappa shape index (κ2) is 7.59. The lowest BCUT2D eigenvalue weighted by atomic mass is 10.1. The van der Waals surface area contributed by atoms with Gasteiger partial charge in [0.05, 0.1) is 17.8 Å². The fraction of sp³-hybridized carbons (Fsp3) is 0.217. The maximum absolute atomic E-state index is 13.1. The Kier molecular flexibility index (Phi) is 4.63. The van der Waals surface area contributed by atoms with E-state index in [1.54, 1.807) is 10.9 Å². The monoisotopic (exact) mass is 398 g/mol. The number of aromatic nitrogens is 5. The van der Waals surface area contributed by atoms with Crippen LogP contribution in [0.2, 0.25) is 0 Å². The Hall–Kier alpha value is -3.74. The van der Waals surface area contributed by atoms with Crippen molar-refractivity contribution < 1.29 is 4.79 Å². The standard InChI is InChI=1S/C23H22N6O/c1-16-25-26-21(29(16)19-12-13-19)14-24-23(30)20-15-28(18-10-6-3-7-11-18)27-22(20)17-8-4-2-5-9-17/h2-11,15,19H,12-14H2,1H3,(H,24,30). The lowest BCUT2D eigenvalue weighted by Gasteiger charge is -2.08. The van der Waals surface area contributed by atoms with Crippen LogP contribution in [0.4, 0.5) is 0 Å². The Labute approximate surface area is 174 Å². The van der Waals surface area contributed by atoms with Gasteiger partial charge in [-0.15, -0.1) is 10.2 Å². The van der Waals surface area contributed by atoms with Crippen molar-refractivity contribution in [2.45, 2.75) is 32.4 Å². The quantitative estimate of drug-likeness (QED) is 0.537. The lowest BCUT2D eigenvalue weighted by Crippen LogP contribution is -2.25. The molecular weight excluding hydrogens is 376 g/mol. The van der Waals surface area contributed by atoms with Gasteiger partial charge in [0.15, 0.2) is 5.82 Å². The van der Waals surface area contributed by atoms with Crippen molar-refractivity contribution in [2.75, 3.05) is 0 Å². The summed E-state index contributed by atoms with van der Waals surface area (Å²) in [5, 5.41) is 16.2. The van der Waals surface area contributed by atoms with Crippen LogP contribution in [-0.4, -0.2) is 30.5 Å². The van der Waals surface area contributed by atoms with Crippen molar-refractivity contribution in [3.8, 4) is 16.9 Å². The van der Waals surface area contributed by atoms with Crippen LogP contribution in [0.5, 0.6) is 0 Å². The van der Waals surface area contributed by atoms with Crippen LogP contribution in [0.25, 0.3) is 16.9 Å². The second-order valence-electron chi connectivity index (χ2n) is 7.48. The third kappa shape index (κ3) is 3.50. The molecule has 7 nitrogen and oxygen atoms in total. The van der Waals surface area contributed by atoms with Gasteiger partial charge in [0.1, 0.15) is 11.5 Å². The smallest absolute Gasteiger partial charge is 0.255 e. The predicted molar refractivity (Wildman–Crippen MR) is 113 cm³/mol. The molecule has 0 aliphatic heterocycles. The van der Waals surface area contributed by atoms with E-state index in [-0.39, 0.29) is 5.91 Å². The minimum absolute atomic E-state index is 0.181. The highest BCUT2D eigenvalue weighted by atomic mass is 16.1. The van der Waals surface area contributed by atoms with Crippen LogP contribution in [0, 0.1) is 6.92 Å². The van der Waals surface area contributed by atoms with E-state index in [2.05, 4.69) is 20.1 Å². The molecule has 0 saturated heterocycles. The molecule has 1 saturated carbocycles. The van der Waals surface area contributed by atoms with Gasteiger partial charge in [0, 0.05) is 17.8 Å². The van der Waals surface area contributed by atoms with E-state index in [4.69, 9.17) is 5.10 Å². The van der Waals surface area contributed by atoms with Crippen molar-refractivity contribution >= 4 is 5.91 Å². The molecule has 1 amide bonds. The third-order valence-corrected chi connectivity index (χ3v) is 5.28. The number of nitrogens with zero attached hydrogens (tertiary/aromatic N) is 5. The molecule has 0 atom stereocenters. The first-order valence-corrected chi connectivity index (χ1v) is 10.1. The zero-order chi connectivity index (χ0) is 20.5. The molecule has 1 aliphatic rings. The third-order valence-electron chi connectivity index (χ3n) is 5.28. The van der Waals surface area contributed by atoms with Crippen molar-refractivity contribution in [3.63, 3.8) is 0 Å². The number of amides is 1. The number of carbonyl (C=O) groups excluding carboxylic acids is 1. The summed E-state index contributed by atoms with van der Waals surface area (Å²) in [7, 11) is 0. The molecule has 150 valence electrons. The van der Waals surface area contributed by atoms with E-state index in [1.165, 1.54) is 0 Å². The molecule has 2 aromatic heterocycles. The average Bonchev–Trinajstić information content (AvgIpc) is 3.40. The summed E-state index contributed by atoms with van der Waals surface area (Å²) in [6.45, 7) is 2.29. The van der Waals surface area contributed by atoms with Gasteiger partial charge in [0.2, 0.25) is 0 Å². The minimum Gasteiger partial charge on any atom is -0.345 e. The van der Waals surface area contributed by atoms with Crippen LogP contribution < -0.4 is 5.32 Å². The van der Waals surface area contributed by atoms with Gasteiger partial charge in [-0.1, -0.05) is 48.5 Å². The van der Waals surface area contributed by atoms with E-state index >= 15 is 0 Å². The summed E-state index contributed by atoms with van der Waals surface area (Å²) in [5.74, 6) is 1.50. The van der Waals surface area contributed by atoms with Crippen molar-refractivity contribution in [1.82, 2.24) is 29.9 Å². The SMILES string of the molecule is Cc1nnc(CNC(=O)c2cn(-c3ccccc3)nc2-c2ccccc2)n1C1CC1. The number of rotatable bonds is 6. The number of para-hydroxylation sites is 1. The van der Waals surface area contributed by atoms with Crippen molar-refractivity contribution in [2.24, 2.45) is 0 Å². The van der Waals surface area contributed by atoms with Crippen LogP contribution >= 0.6 is 0 Å². The summed E-state index contributed by atoms with van der Waals surface area (Å²) in [6, 6.07) is 20.0. The molecule has 5 rings (SSSR count). The largest absolute Gasteiger partial charge is 0.345 e. The molecule has 0 radical (unpaired) electrons. The molecule has 1 aliphatic carbocycles. The first-order valence-electron chi connectivity index (χ1n) is 10.1. The van der Waals surface area contributed by atoms with Gasteiger partial charge in [-0.3, -0.25) is 4.79 Å². The molecule has 4 aromatic rings. The Morgan fingerprint density at radius 2 is 1.73 bits per heavy atom. The normalized spacial score (nSPS) is 13.4. The molecule has 30 heavy (non-hydrogen) atoms. The Bertz CT molecular complexity index is 1180. The van der Waals surface area contributed by atoms with Crippen molar-refractivity contribution in [3.05, 3.63) is 84.1 Å². The van der Waals surface area contributed by atoms with Gasteiger partial charge >= 0.3 is 0 Å². The summed E-state index contributed by atoms with van der Waals surface area (Å²) < 4.78 is 3.87. The van der Waals surface area contributed by atoms with Crippen LogP contribution in [-0.2, 0) is 6.54 Å². The van der Waals surface area contributed by atoms with Gasteiger partial charge in [0.25, 0.3) is 5.91 Å².